The van der Waals surface area contributed by atoms with E-state index in [2.05, 4.69) is 86.1 Å². The molecule has 0 atom stereocenters. The maximum Gasteiger partial charge on any atom is 0.202 e. The zero-order valence-corrected chi connectivity index (χ0v) is 17.6. The Kier molecular flexibility index (Phi) is 4.04. The Bertz CT molecular complexity index is 1540. The Labute approximate surface area is 180 Å². The molecule has 6 aromatic rings. The Hall–Kier alpha value is -3.29. The first-order valence-corrected chi connectivity index (χ1v) is 11.1. The third-order valence-electron chi connectivity index (χ3n) is 5.11. The summed E-state index contributed by atoms with van der Waals surface area (Å²) in [7, 11) is 0. The fourth-order valence-electron chi connectivity index (χ4n) is 3.69. The van der Waals surface area contributed by atoms with Crippen LogP contribution in [-0.2, 0) is 0 Å². The number of nitrogens with zero attached hydrogens (tertiary/aromatic N) is 5. The van der Waals surface area contributed by atoms with Gasteiger partial charge in [-0.3, -0.25) is 4.40 Å². The zero-order valence-electron chi connectivity index (χ0n) is 16.0. The number of pyridine rings is 1. The van der Waals surface area contributed by atoms with E-state index in [0.717, 1.165) is 31.6 Å². The van der Waals surface area contributed by atoms with Gasteiger partial charge in [-0.1, -0.05) is 48.5 Å². The van der Waals surface area contributed by atoms with Crippen molar-refractivity contribution in [3.63, 3.8) is 0 Å². The average Bonchev–Trinajstić information content (AvgIpc) is 3.40. The van der Waals surface area contributed by atoms with Crippen LogP contribution in [0.1, 0.15) is 5.56 Å². The molecule has 0 bridgehead atoms. The number of aryl methyl sites for hydroxylation is 1. The highest BCUT2D eigenvalue weighted by Crippen LogP contribution is 2.38. The molecule has 0 spiro atoms. The van der Waals surface area contributed by atoms with E-state index in [9.17, 15) is 0 Å². The first-order chi connectivity index (χ1) is 14.8. The quantitative estimate of drug-likeness (QED) is 0.325. The van der Waals surface area contributed by atoms with Crippen LogP contribution in [0, 0.1) is 6.92 Å². The largest absolute Gasteiger partial charge is 0.270 e. The molecule has 0 aliphatic rings. The van der Waals surface area contributed by atoms with Gasteiger partial charge in [-0.05, 0) is 48.0 Å². The van der Waals surface area contributed by atoms with Gasteiger partial charge >= 0.3 is 0 Å². The lowest BCUT2D eigenvalue weighted by atomic mass is 10.1. The Morgan fingerprint density at radius 2 is 1.70 bits per heavy atom. The van der Waals surface area contributed by atoms with Gasteiger partial charge in [-0.2, -0.15) is 0 Å². The maximum atomic E-state index is 4.57. The van der Waals surface area contributed by atoms with Crippen LogP contribution < -0.4 is 0 Å². The molecule has 6 rings (SSSR count). The molecule has 0 aliphatic heterocycles. The topological polar surface area (TPSA) is 56.0 Å². The number of fused-ring (bicyclic) bond motifs is 4. The van der Waals surface area contributed by atoms with Crippen LogP contribution in [0.5, 0.6) is 0 Å². The molecular formula is C23H15N5S2. The van der Waals surface area contributed by atoms with Crippen molar-refractivity contribution in [1.29, 1.82) is 0 Å². The van der Waals surface area contributed by atoms with Crippen LogP contribution in [0.4, 0.5) is 0 Å². The van der Waals surface area contributed by atoms with E-state index in [0.29, 0.717) is 0 Å². The second-order valence-electron chi connectivity index (χ2n) is 7.00. The van der Waals surface area contributed by atoms with Gasteiger partial charge in [0.25, 0.3) is 0 Å². The number of thiophene rings is 1. The minimum absolute atomic E-state index is 0.800. The van der Waals surface area contributed by atoms with Gasteiger partial charge in [0.2, 0.25) is 5.16 Å². The lowest BCUT2D eigenvalue weighted by Gasteiger charge is -2.07. The van der Waals surface area contributed by atoms with Crippen molar-refractivity contribution in [2.75, 3.05) is 0 Å². The summed E-state index contributed by atoms with van der Waals surface area (Å²) in [5.41, 5.74) is 4.32. The van der Waals surface area contributed by atoms with E-state index in [-0.39, 0.29) is 0 Å². The molecule has 0 N–H and O–H groups in total. The molecule has 0 saturated heterocycles. The third-order valence-corrected chi connectivity index (χ3v) is 7.17. The van der Waals surface area contributed by atoms with Gasteiger partial charge in [0.05, 0.1) is 5.52 Å². The molecule has 0 aliphatic carbocycles. The molecule has 4 aromatic heterocycles. The predicted molar refractivity (Wildman–Crippen MR) is 122 cm³/mol. The van der Waals surface area contributed by atoms with Crippen molar-refractivity contribution in [1.82, 2.24) is 24.6 Å². The Morgan fingerprint density at radius 3 is 2.60 bits per heavy atom. The van der Waals surface area contributed by atoms with E-state index < -0.39 is 0 Å². The highest BCUT2D eigenvalue weighted by atomic mass is 32.2. The van der Waals surface area contributed by atoms with E-state index in [1.165, 1.54) is 33.2 Å². The highest BCUT2D eigenvalue weighted by molar-refractivity contribution is 7.99. The van der Waals surface area contributed by atoms with Crippen molar-refractivity contribution in [2.45, 2.75) is 17.1 Å². The van der Waals surface area contributed by atoms with Crippen LogP contribution in [0.2, 0.25) is 0 Å². The minimum atomic E-state index is 0.800. The predicted octanol–water partition coefficient (Wildman–Crippen LogP) is 6.01. The van der Waals surface area contributed by atoms with E-state index in [4.69, 9.17) is 0 Å². The fraction of sp³-hybridized carbons (Fsp3) is 0.0435. The second-order valence-corrected chi connectivity index (χ2v) is 8.98. The smallest absolute Gasteiger partial charge is 0.202 e. The van der Waals surface area contributed by atoms with Crippen molar-refractivity contribution in [2.24, 2.45) is 0 Å². The minimum Gasteiger partial charge on any atom is -0.270 e. The van der Waals surface area contributed by atoms with Crippen molar-refractivity contribution < 1.29 is 0 Å². The molecule has 144 valence electrons. The highest BCUT2D eigenvalue weighted by Gasteiger charge is 2.16. The van der Waals surface area contributed by atoms with Gasteiger partial charge in [-0.15, -0.1) is 21.5 Å². The van der Waals surface area contributed by atoms with Gasteiger partial charge < -0.3 is 0 Å². The number of benzene rings is 2. The van der Waals surface area contributed by atoms with Crippen LogP contribution >= 0.6 is 23.1 Å². The maximum absolute atomic E-state index is 4.57. The molecule has 0 saturated carbocycles. The molecule has 7 heteroatoms. The van der Waals surface area contributed by atoms with Gasteiger partial charge in [0, 0.05) is 15.6 Å². The molecule has 4 heterocycles. The number of para-hydroxylation sites is 1. The third kappa shape index (κ3) is 2.78. The summed E-state index contributed by atoms with van der Waals surface area (Å²) in [4.78, 5) is 11.2. The Balaban J connectivity index is 1.51. The molecular weight excluding hydrogens is 410 g/mol. The monoisotopic (exact) mass is 425 g/mol. The van der Waals surface area contributed by atoms with Crippen molar-refractivity contribution in [3.05, 3.63) is 78.6 Å². The normalized spacial score (nSPS) is 11.6. The number of aromatic nitrogens is 5. The summed E-state index contributed by atoms with van der Waals surface area (Å²) < 4.78 is 2.10. The van der Waals surface area contributed by atoms with Crippen LogP contribution in [0.25, 0.3) is 37.2 Å². The lowest BCUT2D eigenvalue weighted by molar-refractivity contribution is 0.935. The summed E-state index contributed by atoms with van der Waals surface area (Å²) in [6, 6.07) is 23.0. The summed E-state index contributed by atoms with van der Waals surface area (Å²) in [6.07, 6.45) is 1.63. The SMILES string of the molecule is Cc1cc2nnc(Sc3ncnc4sc(-c5ccccc5)cc34)n2c2ccccc12. The van der Waals surface area contributed by atoms with Crippen molar-refractivity contribution in [3.8, 4) is 10.4 Å². The molecule has 0 unspecified atom stereocenters. The summed E-state index contributed by atoms with van der Waals surface area (Å²) in [5, 5.41) is 12.8. The van der Waals surface area contributed by atoms with Crippen LogP contribution in [-0.4, -0.2) is 24.6 Å². The van der Waals surface area contributed by atoms with E-state index in [1.807, 2.05) is 12.1 Å². The first-order valence-electron chi connectivity index (χ1n) is 9.49. The first kappa shape index (κ1) is 17.6. The summed E-state index contributed by atoms with van der Waals surface area (Å²) in [5.74, 6) is 0. The molecule has 0 radical (unpaired) electrons. The number of hydrogen-bond donors (Lipinski definition) is 0. The van der Waals surface area contributed by atoms with Crippen LogP contribution in [0.15, 0.2) is 83.2 Å². The van der Waals surface area contributed by atoms with Gasteiger partial charge in [-0.25, -0.2) is 9.97 Å². The molecule has 2 aromatic carbocycles. The molecule has 30 heavy (non-hydrogen) atoms. The molecule has 0 fully saturated rings. The van der Waals surface area contributed by atoms with Gasteiger partial charge in [0.1, 0.15) is 16.2 Å². The fourth-order valence-corrected chi connectivity index (χ4v) is 5.66. The summed E-state index contributed by atoms with van der Waals surface area (Å²) in [6.45, 7) is 2.11. The Morgan fingerprint density at radius 1 is 0.867 bits per heavy atom. The number of rotatable bonds is 3. The average molecular weight is 426 g/mol. The summed E-state index contributed by atoms with van der Waals surface area (Å²) >= 11 is 3.21. The second kappa shape index (κ2) is 6.90. The van der Waals surface area contributed by atoms with E-state index in [1.54, 1.807) is 17.7 Å². The number of hydrogen-bond acceptors (Lipinski definition) is 6. The van der Waals surface area contributed by atoms with Crippen molar-refractivity contribution >= 4 is 49.9 Å². The zero-order chi connectivity index (χ0) is 20.1. The standard InChI is InChI=1S/C23H15N5S2/c1-14-11-20-26-27-23(28(20)18-10-6-5-9-16(14)18)30-22-17-12-19(15-7-3-2-4-8-15)29-21(17)24-13-25-22/h2-13H,1H3. The molecule has 5 nitrogen and oxygen atoms in total. The molecule has 0 amide bonds. The van der Waals surface area contributed by atoms with Gasteiger partial charge in [0.15, 0.2) is 5.65 Å². The van der Waals surface area contributed by atoms with Crippen LogP contribution in [0.3, 0.4) is 0 Å². The van der Waals surface area contributed by atoms with E-state index >= 15 is 0 Å². The lowest BCUT2D eigenvalue weighted by Crippen LogP contribution is -1.93.